The predicted molar refractivity (Wildman–Crippen MR) is 191 cm³/mol. The summed E-state index contributed by atoms with van der Waals surface area (Å²) in [5.41, 5.74) is -0.156. The number of hydrogen-bond acceptors (Lipinski definition) is 13. The van der Waals surface area contributed by atoms with E-state index in [9.17, 15) is 57.8 Å². The molecule has 19 nitrogen and oxygen atoms in total. The normalized spacial score (nSPS) is 17.2. The number of Topliss-reactive ketones (excluding diaryl/α,β-unsaturated/α-hetero) is 1. The highest BCUT2D eigenvalue weighted by molar-refractivity contribution is 6.15. The van der Waals surface area contributed by atoms with E-state index in [4.69, 9.17) is 9.47 Å². The molecule has 2 N–H and O–H groups in total. The number of nitrogens with one attached hydrogen (secondary N) is 1. The van der Waals surface area contributed by atoms with E-state index in [1.807, 2.05) is 0 Å². The van der Waals surface area contributed by atoms with Gasteiger partial charge in [0, 0.05) is 73.9 Å². The SMILES string of the molecule is O=C(CCCOc1cc(OCCNC(=O)CCC(CN2C(=O)C=CC2=O)N2C(=O)C=CC2=O)cc(C(=O)O)c1)CCC(CN1C(=O)C=CC1=O)N1C(=O)C=CC1=O. The van der Waals surface area contributed by atoms with Crippen molar-refractivity contribution in [2.24, 2.45) is 0 Å². The van der Waals surface area contributed by atoms with Crippen molar-refractivity contribution in [3.63, 3.8) is 0 Å². The summed E-state index contributed by atoms with van der Waals surface area (Å²) < 4.78 is 11.3. The Labute approximate surface area is 324 Å². The molecule has 0 spiro atoms. The molecule has 2 atom stereocenters. The fraction of sp³-hybridized carbons (Fsp3) is 0.342. The van der Waals surface area contributed by atoms with Gasteiger partial charge in [0.25, 0.3) is 47.3 Å². The van der Waals surface area contributed by atoms with Crippen LogP contribution in [0.3, 0.4) is 0 Å². The van der Waals surface area contributed by atoms with Crippen LogP contribution in [-0.2, 0) is 47.9 Å². The van der Waals surface area contributed by atoms with E-state index in [0.717, 1.165) is 68.2 Å². The first-order valence-corrected chi connectivity index (χ1v) is 17.8. The number of ketones is 1. The number of ether oxygens (including phenoxy) is 2. The molecular formula is C38H37N5O14. The van der Waals surface area contributed by atoms with Crippen molar-refractivity contribution in [2.45, 2.75) is 50.6 Å². The zero-order valence-electron chi connectivity index (χ0n) is 30.3. The summed E-state index contributed by atoms with van der Waals surface area (Å²) in [6, 6.07) is 2.08. The third-order valence-corrected chi connectivity index (χ3v) is 9.15. The molecule has 19 heteroatoms. The number of amides is 9. The van der Waals surface area contributed by atoms with Crippen molar-refractivity contribution in [1.29, 1.82) is 0 Å². The second kappa shape index (κ2) is 18.5. The Kier molecular flexibility index (Phi) is 13.4. The molecule has 5 rings (SSSR count). The minimum Gasteiger partial charge on any atom is -0.493 e. The van der Waals surface area contributed by atoms with Crippen molar-refractivity contribution < 1.29 is 67.3 Å². The largest absolute Gasteiger partial charge is 0.493 e. The highest BCUT2D eigenvalue weighted by Gasteiger charge is 2.37. The van der Waals surface area contributed by atoms with Gasteiger partial charge in [-0.3, -0.25) is 67.5 Å². The van der Waals surface area contributed by atoms with E-state index < -0.39 is 71.2 Å². The van der Waals surface area contributed by atoms with Gasteiger partial charge < -0.3 is 19.9 Å². The van der Waals surface area contributed by atoms with E-state index in [1.165, 1.54) is 18.2 Å². The van der Waals surface area contributed by atoms with Crippen molar-refractivity contribution in [3.05, 3.63) is 72.4 Å². The van der Waals surface area contributed by atoms with Crippen LogP contribution in [0, 0.1) is 0 Å². The minimum absolute atomic E-state index is 0.00543. The number of aromatic carboxylic acids is 1. The Morgan fingerprint density at radius 1 is 0.561 bits per heavy atom. The van der Waals surface area contributed by atoms with E-state index in [2.05, 4.69) is 5.32 Å². The Bertz CT molecular complexity index is 1830. The molecule has 57 heavy (non-hydrogen) atoms. The molecule has 4 aliphatic rings. The van der Waals surface area contributed by atoms with Gasteiger partial charge in [-0.15, -0.1) is 0 Å². The first kappa shape index (κ1) is 41.1. The number of benzene rings is 1. The van der Waals surface area contributed by atoms with Gasteiger partial charge in [-0.2, -0.15) is 0 Å². The van der Waals surface area contributed by atoms with Crippen LogP contribution in [0.4, 0.5) is 0 Å². The Balaban J connectivity index is 1.05. The lowest BCUT2D eigenvalue weighted by Gasteiger charge is -2.29. The topological polar surface area (TPSA) is 251 Å². The molecule has 1 aromatic rings. The van der Waals surface area contributed by atoms with Gasteiger partial charge in [0.2, 0.25) is 5.91 Å². The third-order valence-electron chi connectivity index (χ3n) is 9.15. The number of imide groups is 4. The summed E-state index contributed by atoms with van der Waals surface area (Å²) in [6.07, 6.45) is 8.54. The van der Waals surface area contributed by atoms with Crippen LogP contribution in [0.2, 0.25) is 0 Å². The summed E-state index contributed by atoms with van der Waals surface area (Å²) in [7, 11) is 0. The van der Waals surface area contributed by atoms with Gasteiger partial charge in [-0.1, -0.05) is 0 Å². The highest BCUT2D eigenvalue weighted by atomic mass is 16.5. The zero-order valence-corrected chi connectivity index (χ0v) is 30.3. The first-order chi connectivity index (χ1) is 27.2. The summed E-state index contributed by atoms with van der Waals surface area (Å²) >= 11 is 0. The number of hydrogen-bond donors (Lipinski definition) is 2. The lowest BCUT2D eigenvalue weighted by atomic mass is 10.0. The van der Waals surface area contributed by atoms with E-state index in [0.29, 0.717) is 0 Å². The molecule has 0 bridgehead atoms. The van der Waals surface area contributed by atoms with Crippen molar-refractivity contribution in [2.75, 3.05) is 32.8 Å². The molecule has 9 amide bonds. The van der Waals surface area contributed by atoms with Gasteiger partial charge in [0.1, 0.15) is 23.9 Å². The van der Waals surface area contributed by atoms with Crippen LogP contribution < -0.4 is 14.8 Å². The van der Waals surface area contributed by atoms with Crippen LogP contribution in [0.5, 0.6) is 11.5 Å². The smallest absolute Gasteiger partial charge is 0.335 e. The molecule has 0 aliphatic carbocycles. The molecule has 2 unspecified atom stereocenters. The number of carbonyl (C=O) groups excluding carboxylic acids is 10. The number of carboxylic acid groups (broad SMARTS) is 1. The fourth-order valence-corrected chi connectivity index (χ4v) is 6.31. The quantitative estimate of drug-likeness (QED) is 0.112. The molecule has 0 fully saturated rings. The average Bonchev–Trinajstić information content (AvgIpc) is 3.90. The van der Waals surface area contributed by atoms with Crippen LogP contribution in [0.25, 0.3) is 0 Å². The Morgan fingerprint density at radius 2 is 0.982 bits per heavy atom. The van der Waals surface area contributed by atoms with Crippen molar-refractivity contribution in [1.82, 2.24) is 24.9 Å². The first-order valence-electron chi connectivity index (χ1n) is 17.8. The summed E-state index contributed by atoms with van der Waals surface area (Å²) in [5.74, 6) is -6.63. The second-order valence-electron chi connectivity index (χ2n) is 13.1. The maximum atomic E-state index is 12.7. The molecule has 0 radical (unpaired) electrons. The van der Waals surface area contributed by atoms with Gasteiger partial charge in [-0.05, 0) is 31.4 Å². The molecule has 1 aromatic carbocycles. The predicted octanol–water partition coefficient (Wildman–Crippen LogP) is -0.394. The minimum atomic E-state index is -1.27. The summed E-state index contributed by atoms with van der Waals surface area (Å²) in [6.45, 7) is -0.647. The summed E-state index contributed by atoms with van der Waals surface area (Å²) in [4.78, 5) is 138. The number of carbonyl (C=O) groups is 11. The van der Waals surface area contributed by atoms with Gasteiger partial charge in [0.05, 0.1) is 43.9 Å². The molecule has 0 aromatic heterocycles. The Hall–Kier alpha value is -7.05. The van der Waals surface area contributed by atoms with Gasteiger partial charge in [0.15, 0.2) is 0 Å². The van der Waals surface area contributed by atoms with Crippen molar-refractivity contribution >= 4 is 64.9 Å². The van der Waals surface area contributed by atoms with E-state index in [1.54, 1.807) is 0 Å². The highest BCUT2D eigenvalue weighted by Crippen LogP contribution is 2.24. The van der Waals surface area contributed by atoms with Crippen LogP contribution in [-0.4, -0.2) is 135 Å². The van der Waals surface area contributed by atoms with Crippen LogP contribution in [0.1, 0.15) is 48.9 Å². The van der Waals surface area contributed by atoms with Crippen LogP contribution >= 0.6 is 0 Å². The number of carboxylic acids is 1. The number of nitrogens with zero attached hydrogens (tertiary/aromatic N) is 4. The lowest BCUT2D eigenvalue weighted by Crippen LogP contribution is -2.49. The average molecular weight is 788 g/mol. The van der Waals surface area contributed by atoms with Crippen molar-refractivity contribution in [3.8, 4) is 11.5 Å². The standard InChI is InChI=1S/C38H37N5O14/c44-26(5-3-24(42-34(50)11-12-35(42)51)21-40-30(46)7-8-31(40)47)2-1-16-56-27-18-23(38(54)55)19-28(20-27)57-17-15-39-29(45)6-4-25(43-36(52)13-14-37(43)53)22-41-32(48)9-10-33(41)49/h7-14,18-20,24-25H,1-6,15-17,21-22H2,(H,39,45)(H,54,55). The number of rotatable bonds is 22. The lowest BCUT2D eigenvalue weighted by molar-refractivity contribution is -0.145. The Morgan fingerprint density at radius 3 is 1.44 bits per heavy atom. The third kappa shape index (κ3) is 10.6. The zero-order chi connectivity index (χ0) is 41.2. The molecule has 4 aliphatic heterocycles. The van der Waals surface area contributed by atoms with Gasteiger partial charge in [-0.25, -0.2) is 4.79 Å². The molecular weight excluding hydrogens is 750 g/mol. The summed E-state index contributed by atoms with van der Waals surface area (Å²) in [5, 5.41) is 12.2. The fourth-order valence-electron chi connectivity index (χ4n) is 6.31. The van der Waals surface area contributed by atoms with E-state index >= 15 is 0 Å². The maximum absolute atomic E-state index is 12.7. The maximum Gasteiger partial charge on any atom is 0.335 e. The van der Waals surface area contributed by atoms with Crippen LogP contribution in [0.15, 0.2) is 66.8 Å². The second-order valence-corrected chi connectivity index (χ2v) is 13.1. The molecule has 298 valence electrons. The van der Waals surface area contributed by atoms with E-state index in [-0.39, 0.29) is 94.2 Å². The molecule has 0 saturated carbocycles. The molecule has 0 saturated heterocycles. The van der Waals surface area contributed by atoms with Gasteiger partial charge >= 0.3 is 5.97 Å². The molecule has 4 heterocycles. The monoisotopic (exact) mass is 787 g/mol.